The van der Waals surface area contributed by atoms with Gasteiger partial charge in [0.05, 0.1) is 0 Å². The summed E-state index contributed by atoms with van der Waals surface area (Å²) < 4.78 is 0. The smallest absolute Gasteiger partial charge is 0.166 e. The van der Waals surface area contributed by atoms with Crippen LogP contribution in [0, 0.1) is 11.8 Å². The normalized spacial score (nSPS) is 23.3. The Morgan fingerprint density at radius 1 is 1.32 bits per heavy atom. The number of hydrogen-bond donors (Lipinski definition) is 1. The molecule has 104 valence electrons. The standard InChI is InChI=1S/C17H25NO/c1-2-13-6-5-8-15(12-13)17(19)16-9-4-3-7-14(16)10-11-18/h3-4,7,9,13,15H,2,5-6,8,10-12,18H2,1H3. The van der Waals surface area contributed by atoms with Crippen LogP contribution >= 0.6 is 0 Å². The summed E-state index contributed by atoms with van der Waals surface area (Å²) in [6.07, 6.45) is 6.64. The Kier molecular flexibility index (Phi) is 5.15. The number of nitrogens with two attached hydrogens (primary N) is 1. The fraction of sp³-hybridized carbons (Fsp3) is 0.588. The van der Waals surface area contributed by atoms with Gasteiger partial charge in [-0.25, -0.2) is 0 Å². The van der Waals surface area contributed by atoms with Gasteiger partial charge in [0.15, 0.2) is 5.78 Å². The molecular weight excluding hydrogens is 234 g/mol. The molecule has 0 aliphatic heterocycles. The fourth-order valence-electron chi connectivity index (χ4n) is 3.25. The highest BCUT2D eigenvalue weighted by atomic mass is 16.1. The van der Waals surface area contributed by atoms with Gasteiger partial charge in [0.25, 0.3) is 0 Å². The molecule has 0 amide bonds. The molecule has 2 heteroatoms. The highest BCUT2D eigenvalue weighted by Crippen LogP contribution is 2.33. The van der Waals surface area contributed by atoms with Crippen LogP contribution in [0.4, 0.5) is 0 Å². The minimum absolute atomic E-state index is 0.234. The van der Waals surface area contributed by atoms with Gasteiger partial charge < -0.3 is 5.73 Å². The van der Waals surface area contributed by atoms with E-state index in [9.17, 15) is 4.79 Å². The Labute approximate surface area is 116 Å². The van der Waals surface area contributed by atoms with Crippen LogP contribution in [0.1, 0.15) is 54.9 Å². The van der Waals surface area contributed by atoms with E-state index in [-0.39, 0.29) is 5.92 Å². The molecular formula is C17H25NO. The average Bonchev–Trinajstić information content (AvgIpc) is 2.47. The summed E-state index contributed by atoms with van der Waals surface area (Å²) in [5.74, 6) is 1.32. The van der Waals surface area contributed by atoms with Gasteiger partial charge in [0.1, 0.15) is 0 Å². The second-order valence-corrected chi connectivity index (χ2v) is 5.70. The molecule has 1 aromatic rings. The first-order valence-electron chi connectivity index (χ1n) is 7.58. The van der Waals surface area contributed by atoms with Crippen LogP contribution in [-0.2, 0) is 6.42 Å². The maximum Gasteiger partial charge on any atom is 0.166 e. The summed E-state index contributed by atoms with van der Waals surface area (Å²) in [6, 6.07) is 7.98. The maximum absolute atomic E-state index is 12.7. The molecule has 0 bridgehead atoms. The van der Waals surface area contributed by atoms with Gasteiger partial charge in [0, 0.05) is 11.5 Å². The fourth-order valence-corrected chi connectivity index (χ4v) is 3.25. The van der Waals surface area contributed by atoms with Crippen molar-refractivity contribution in [2.24, 2.45) is 17.6 Å². The molecule has 2 unspecified atom stereocenters. The van der Waals surface area contributed by atoms with E-state index in [1.165, 1.54) is 19.3 Å². The second kappa shape index (κ2) is 6.85. The molecule has 2 rings (SSSR count). The lowest BCUT2D eigenvalue weighted by Crippen LogP contribution is -2.24. The van der Waals surface area contributed by atoms with Gasteiger partial charge in [-0.2, -0.15) is 0 Å². The highest BCUT2D eigenvalue weighted by Gasteiger charge is 2.27. The number of ketones is 1. The van der Waals surface area contributed by atoms with Gasteiger partial charge in [0.2, 0.25) is 0 Å². The van der Waals surface area contributed by atoms with Gasteiger partial charge >= 0.3 is 0 Å². The molecule has 2 N–H and O–H groups in total. The van der Waals surface area contributed by atoms with E-state index in [0.29, 0.717) is 12.3 Å². The van der Waals surface area contributed by atoms with Crippen LogP contribution in [0.15, 0.2) is 24.3 Å². The summed E-state index contributed by atoms with van der Waals surface area (Å²) in [5.41, 5.74) is 7.67. The largest absolute Gasteiger partial charge is 0.330 e. The summed E-state index contributed by atoms with van der Waals surface area (Å²) >= 11 is 0. The van der Waals surface area contributed by atoms with Crippen molar-refractivity contribution in [2.75, 3.05) is 6.54 Å². The Balaban J connectivity index is 2.14. The van der Waals surface area contributed by atoms with Crippen molar-refractivity contribution in [1.29, 1.82) is 0 Å². The van der Waals surface area contributed by atoms with E-state index in [2.05, 4.69) is 6.92 Å². The van der Waals surface area contributed by atoms with Gasteiger partial charge in [-0.1, -0.05) is 50.5 Å². The third kappa shape index (κ3) is 3.44. The third-order valence-electron chi connectivity index (χ3n) is 4.43. The molecule has 0 spiro atoms. The maximum atomic E-state index is 12.7. The number of hydrogen-bond acceptors (Lipinski definition) is 2. The second-order valence-electron chi connectivity index (χ2n) is 5.70. The van der Waals surface area contributed by atoms with Crippen LogP contribution in [-0.4, -0.2) is 12.3 Å². The average molecular weight is 259 g/mol. The lowest BCUT2D eigenvalue weighted by atomic mass is 9.76. The number of Topliss-reactive ketones (excluding diaryl/α,β-unsaturated/α-hetero) is 1. The lowest BCUT2D eigenvalue weighted by molar-refractivity contribution is 0.0861. The van der Waals surface area contributed by atoms with E-state index in [1.54, 1.807) is 0 Å². The molecule has 2 atom stereocenters. The number of carbonyl (C=O) groups excluding carboxylic acids is 1. The van der Waals surface area contributed by atoms with E-state index in [0.717, 1.165) is 36.3 Å². The van der Waals surface area contributed by atoms with Crippen molar-refractivity contribution in [3.63, 3.8) is 0 Å². The minimum Gasteiger partial charge on any atom is -0.330 e. The van der Waals surface area contributed by atoms with Crippen LogP contribution in [0.3, 0.4) is 0 Å². The molecule has 0 saturated heterocycles. The zero-order valence-electron chi connectivity index (χ0n) is 11.9. The van der Waals surface area contributed by atoms with Crippen molar-refractivity contribution >= 4 is 5.78 Å². The third-order valence-corrected chi connectivity index (χ3v) is 4.43. The first-order valence-corrected chi connectivity index (χ1v) is 7.58. The molecule has 1 aliphatic rings. The van der Waals surface area contributed by atoms with Gasteiger partial charge in [-0.05, 0) is 37.3 Å². The molecule has 19 heavy (non-hydrogen) atoms. The number of benzene rings is 1. The predicted octanol–water partition coefficient (Wildman–Crippen LogP) is 3.59. The zero-order valence-corrected chi connectivity index (χ0v) is 11.9. The van der Waals surface area contributed by atoms with E-state index < -0.39 is 0 Å². The topological polar surface area (TPSA) is 43.1 Å². The monoisotopic (exact) mass is 259 g/mol. The molecule has 0 aromatic heterocycles. The Morgan fingerprint density at radius 2 is 2.11 bits per heavy atom. The van der Waals surface area contributed by atoms with E-state index >= 15 is 0 Å². The Bertz CT molecular complexity index is 427. The number of carbonyl (C=O) groups is 1. The van der Waals surface area contributed by atoms with Crippen LogP contribution < -0.4 is 5.73 Å². The first kappa shape index (κ1) is 14.3. The molecule has 1 aliphatic carbocycles. The lowest BCUT2D eigenvalue weighted by Gasteiger charge is -2.28. The molecule has 2 nitrogen and oxygen atoms in total. The Morgan fingerprint density at radius 3 is 2.84 bits per heavy atom. The van der Waals surface area contributed by atoms with Crippen LogP contribution in [0.5, 0.6) is 0 Å². The van der Waals surface area contributed by atoms with Gasteiger partial charge in [-0.15, -0.1) is 0 Å². The molecule has 1 fully saturated rings. The SMILES string of the molecule is CCC1CCCC(C(=O)c2ccccc2CCN)C1. The zero-order chi connectivity index (χ0) is 13.7. The molecule has 0 heterocycles. The predicted molar refractivity (Wildman–Crippen MR) is 79.3 cm³/mol. The summed E-state index contributed by atoms with van der Waals surface area (Å²) in [7, 11) is 0. The Hall–Kier alpha value is -1.15. The van der Waals surface area contributed by atoms with Crippen molar-refractivity contribution in [1.82, 2.24) is 0 Å². The number of rotatable bonds is 5. The minimum atomic E-state index is 0.234. The summed E-state index contributed by atoms with van der Waals surface area (Å²) in [6.45, 7) is 2.84. The molecule has 0 radical (unpaired) electrons. The van der Waals surface area contributed by atoms with Crippen molar-refractivity contribution in [3.8, 4) is 0 Å². The van der Waals surface area contributed by atoms with Crippen molar-refractivity contribution < 1.29 is 4.79 Å². The van der Waals surface area contributed by atoms with Crippen molar-refractivity contribution in [2.45, 2.75) is 45.4 Å². The first-order chi connectivity index (χ1) is 9.26. The van der Waals surface area contributed by atoms with Crippen LogP contribution in [0.25, 0.3) is 0 Å². The van der Waals surface area contributed by atoms with Gasteiger partial charge in [-0.3, -0.25) is 4.79 Å². The summed E-state index contributed by atoms with van der Waals surface area (Å²) in [5, 5.41) is 0. The highest BCUT2D eigenvalue weighted by molar-refractivity contribution is 5.99. The summed E-state index contributed by atoms with van der Waals surface area (Å²) in [4.78, 5) is 12.7. The quantitative estimate of drug-likeness (QED) is 0.821. The van der Waals surface area contributed by atoms with E-state index in [4.69, 9.17) is 5.73 Å². The molecule has 1 aromatic carbocycles. The van der Waals surface area contributed by atoms with Crippen LogP contribution in [0.2, 0.25) is 0 Å². The van der Waals surface area contributed by atoms with E-state index in [1.807, 2.05) is 24.3 Å². The van der Waals surface area contributed by atoms with Crippen molar-refractivity contribution in [3.05, 3.63) is 35.4 Å². The molecule has 1 saturated carbocycles.